The molecule has 0 bridgehead atoms. The van der Waals surface area contributed by atoms with E-state index in [0.29, 0.717) is 0 Å². The predicted molar refractivity (Wildman–Crippen MR) is 69.4 cm³/mol. The summed E-state index contributed by atoms with van der Waals surface area (Å²) >= 11 is 4.72. The minimum atomic E-state index is -4.53. The largest absolute Gasteiger partial charge is 0.424 e. The highest BCUT2D eigenvalue weighted by Crippen LogP contribution is 2.37. The Morgan fingerprint density at radius 2 is 1.90 bits per heavy atom. The van der Waals surface area contributed by atoms with Crippen molar-refractivity contribution < 1.29 is 17.9 Å². The van der Waals surface area contributed by atoms with Gasteiger partial charge in [0.05, 0.1) is 5.56 Å². The fraction of sp³-hybridized carbons (Fsp3) is 0.0833. The molecule has 0 spiro atoms. The van der Waals surface area contributed by atoms with Crippen LogP contribution in [0.4, 0.5) is 13.2 Å². The average molecular weight is 299 g/mol. The first-order chi connectivity index (χ1) is 9.38. The average Bonchev–Trinajstić information content (AvgIpc) is 2.38. The smallest absolute Gasteiger partial charge is 0.419 e. The van der Waals surface area contributed by atoms with Crippen LogP contribution in [0.3, 0.4) is 0 Å². The summed E-state index contributed by atoms with van der Waals surface area (Å²) in [4.78, 5) is 7.55. The number of hydrogen-bond donors (Lipinski definition) is 1. The Labute approximate surface area is 117 Å². The number of hydrogen-bond acceptors (Lipinski definition) is 4. The van der Waals surface area contributed by atoms with Crippen LogP contribution in [0.1, 0.15) is 11.3 Å². The molecule has 8 heteroatoms. The molecule has 20 heavy (non-hydrogen) atoms. The number of nitrogens with two attached hydrogens (primary N) is 1. The van der Waals surface area contributed by atoms with E-state index < -0.39 is 11.7 Å². The molecule has 2 N–H and O–H groups in total. The second-order valence-corrected chi connectivity index (χ2v) is 4.12. The molecule has 0 fully saturated rings. The van der Waals surface area contributed by atoms with Gasteiger partial charge < -0.3 is 10.5 Å². The third-order valence-electron chi connectivity index (χ3n) is 2.28. The van der Waals surface area contributed by atoms with Crippen LogP contribution in [0.15, 0.2) is 36.5 Å². The van der Waals surface area contributed by atoms with Crippen molar-refractivity contribution in [2.24, 2.45) is 5.73 Å². The number of benzene rings is 1. The van der Waals surface area contributed by atoms with Crippen LogP contribution in [0, 0.1) is 0 Å². The minimum Gasteiger partial charge on any atom is -0.424 e. The van der Waals surface area contributed by atoms with E-state index in [2.05, 4.69) is 9.97 Å². The van der Waals surface area contributed by atoms with Gasteiger partial charge >= 0.3 is 12.2 Å². The number of aromatic nitrogens is 2. The van der Waals surface area contributed by atoms with Crippen molar-refractivity contribution >= 4 is 17.2 Å². The Morgan fingerprint density at radius 1 is 1.20 bits per heavy atom. The number of thiocarbonyl (C=S) groups is 1. The quantitative estimate of drug-likeness (QED) is 0.883. The molecule has 4 nitrogen and oxygen atoms in total. The van der Waals surface area contributed by atoms with Crippen LogP contribution in [0.25, 0.3) is 0 Å². The first-order valence-corrected chi connectivity index (χ1v) is 5.75. The molecule has 1 aromatic heterocycles. The summed E-state index contributed by atoms with van der Waals surface area (Å²) < 4.78 is 43.5. The van der Waals surface area contributed by atoms with Gasteiger partial charge in [0.1, 0.15) is 16.4 Å². The molecule has 0 saturated heterocycles. The van der Waals surface area contributed by atoms with E-state index in [1.807, 2.05) is 0 Å². The third kappa shape index (κ3) is 3.21. The number of nitrogens with zero attached hydrogens (tertiary/aromatic N) is 2. The normalized spacial score (nSPS) is 11.2. The number of rotatable bonds is 3. The minimum absolute atomic E-state index is 0.00126. The van der Waals surface area contributed by atoms with E-state index >= 15 is 0 Å². The van der Waals surface area contributed by atoms with Gasteiger partial charge in [-0.3, -0.25) is 0 Å². The maximum absolute atomic E-state index is 12.8. The lowest BCUT2D eigenvalue weighted by molar-refractivity contribution is -0.138. The first kappa shape index (κ1) is 14.2. The van der Waals surface area contributed by atoms with Gasteiger partial charge in [-0.05, 0) is 18.2 Å². The lowest BCUT2D eigenvalue weighted by atomic mass is 10.2. The van der Waals surface area contributed by atoms with Crippen molar-refractivity contribution in [2.75, 3.05) is 0 Å². The van der Waals surface area contributed by atoms with E-state index in [0.717, 1.165) is 6.07 Å². The van der Waals surface area contributed by atoms with Gasteiger partial charge in [-0.25, -0.2) is 4.98 Å². The third-order valence-corrected chi connectivity index (χ3v) is 2.49. The zero-order valence-electron chi connectivity index (χ0n) is 9.89. The Hall–Kier alpha value is -2.22. The molecular formula is C12H8F3N3OS. The maximum atomic E-state index is 12.8. The van der Waals surface area contributed by atoms with Crippen LogP contribution >= 0.6 is 12.2 Å². The summed E-state index contributed by atoms with van der Waals surface area (Å²) in [5, 5.41) is 0. The standard InChI is InChI=1S/C12H8F3N3OS/c13-12(14,15)7-3-1-2-4-9(7)19-11-17-6-5-8(18-11)10(16)20/h1-6H,(H2,16,20). The molecule has 0 aliphatic carbocycles. The molecule has 0 saturated carbocycles. The Kier molecular flexibility index (Phi) is 3.84. The van der Waals surface area contributed by atoms with Gasteiger partial charge in [0.25, 0.3) is 0 Å². The van der Waals surface area contributed by atoms with Crippen LogP contribution in [0.2, 0.25) is 0 Å². The Morgan fingerprint density at radius 3 is 2.55 bits per heavy atom. The molecule has 0 aliphatic heterocycles. The predicted octanol–water partition coefficient (Wildman–Crippen LogP) is 2.92. The Balaban J connectivity index is 2.36. The fourth-order valence-corrected chi connectivity index (χ4v) is 1.53. The summed E-state index contributed by atoms with van der Waals surface area (Å²) in [6.45, 7) is 0. The number of halogens is 3. The molecule has 0 atom stereocenters. The van der Waals surface area contributed by atoms with Crippen LogP contribution in [0.5, 0.6) is 11.8 Å². The second-order valence-electron chi connectivity index (χ2n) is 3.68. The zero-order valence-corrected chi connectivity index (χ0v) is 10.7. The van der Waals surface area contributed by atoms with E-state index in [9.17, 15) is 13.2 Å². The van der Waals surface area contributed by atoms with Gasteiger partial charge in [0.2, 0.25) is 0 Å². The fourth-order valence-electron chi connectivity index (χ4n) is 1.42. The van der Waals surface area contributed by atoms with Crippen molar-refractivity contribution in [1.29, 1.82) is 0 Å². The highest BCUT2D eigenvalue weighted by molar-refractivity contribution is 7.80. The van der Waals surface area contributed by atoms with Crippen molar-refractivity contribution in [3.05, 3.63) is 47.8 Å². The van der Waals surface area contributed by atoms with Crippen molar-refractivity contribution in [1.82, 2.24) is 9.97 Å². The van der Waals surface area contributed by atoms with Crippen molar-refractivity contribution in [3.63, 3.8) is 0 Å². The van der Waals surface area contributed by atoms with Gasteiger partial charge in [-0.15, -0.1) is 0 Å². The molecule has 1 heterocycles. The van der Waals surface area contributed by atoms with Gasteiger partial charge in [-0.1, -0.05) is 24.4 Å². The van der Waals surface area contributed by atoms with Crippen LogP contribution in [-0.4, -0.2) is 15.0 Å². The summed E-state index contributed by atoms with van der Waals surface area (Å²) in [6.07, 6.45) is -3.23. The summed E-state index contributed by atoms with van der Waals surface area (Å²) in [6, 6.07) is 5.95. The van der Waals surface area contributed by atoms with Crippen LogP contribution in [-0.2, 0) is 6.18 Å². The van der Waals surface area contributed by atoms with E-state index in [1.54, 1.807) is 0 Å². The van der Waals surface area contributed by atoms with Crippen molar-refractivity contribution in [3.8, 4) is 11.8 Å². The topological polar surface area (TPSA) is 61.0 Å². The number of ether oxygens (including phenoxy) is 1. The van der Waals surface area contributed by atoms with Gasteiger partial charge in [-0.2, -0.15) is 18.2 Å². The van der Waals surface area contributed by atoms with E-state index in [1.165, 1.54) is 30.5 Å². The van der Waals surface area contributed by atoms with Gasteiger partial charge in [0.15, 0.2) is 0 Å². The number of para-hydroxylation sites is 1. The molecule has 0 aliphatic rings. The summed E-state index contributed by atoms with van der Waals surface area (Å²) in [7, 11) is 0. The van der Waals surface area contributed by atoms with Gasteiger partial charge in [0, 0.05) is 6.20 Å². The summed E-state index contributed by atoms with van der Waals surface area (Å²) in [5.41, 5.74) is 4.69. The highest BCUT2D eigenvalue weighted by atomic mass is 32.1. The first-order valence-electron chi connectivity index (χ1n) is 5.35. The molecule has 2 rings (SSSR count). The molecule has 104 valence electrons. The molecule has 2 aromatic rings. The van der Waals surface area contributed by atoms with E-state index in [-0.39, 0.29) is 22.4 Å². The lowest BCUT2D eigenvalue weighted by Crippen LogP contribution is -2.12. The number of alkyl halides is 3. The zero-order chi connectivity index (χ0) is 14.8. The molecule has 0 radical (unpaired) electrons. The van der Waals surface area contributed by atoms with Crippen molar-refractivity contribution in [2.45, 2.75) is 6.18 Å². The Bertz CT molecular complexity index is 646. The second kappa shape index (κ2) is 5.41. The highest BCUT2D eigenvalue weighted by Gasteiger charge is 2.34. The molecule has 0 amide bonds. The SMILES string of the molecule is NC(=S)c1ccnc(Oc2ccccc2C(F)(F)F)n1. The van der Waals surface area contributed by atoms with Crippen LogP contribution < -0.4 is 10.5 Å². The molecule has 0 unspecified atom stereocenters. The summed E-state index contributed by atoms with van der Waals surface area (Å²) in [5.74, 6) is -0.389. The van der Waals surface area contributed by atoms with E-state index in [4.69, 9.17) is 22.7 Å². The molecule has 1 aromatic carbocycles. The lowest BCUT2D eigenvalue weighted by Gasteiger charge is -2.12. The monoisotopic (exact) mass is 299 g/mol. The molecular weight excluding hydrogens is 291 g/mol. The maximum Gasteiger partial charge on any atom is 0.419 e.